The van der Waals surface area contributed by atoms with Crippen molar-refractivity contribution in [3.8, 4) is 0 Å². The second-order valence-electron chi connectivity index (χ2n) is 5.70. The van der Waals surface area contributed by atoms with Crippen LogP contribution in [0, 0.1) is 0 Å². The van der Waals surface area contributed by atoms with Crippen molar-refractivity contribution in [3.63, 3.8) is 0 Å². The Labute approximate surface area is 144 Å². The van der Waals surface area contributed by atoms with Crippen LogP contribution in [0.15, 0.2) is 16.6 Å². The van der Waals surface area contributed by atoms with E-state index in [2.05, 4.69) is 10.3 Å². The number of amides is 1. The number of guanidine groups is 1. The summed E-state index contributed by atoms with van der Waals surface area (Å²) in [5, 5.41) is 11.4. The van der Waals surface area contributed by atoms with Crippen molar-refractivity contribution >= 4 is 17.8 Å². The molecule has 25 heavy (non-hydrogen) atoms. The number of rotatable bonds is 8. The predicted octanol–water partition coefficient (Wildman–Crippen LogP) is 0.367. The van der Waals surface area contributed by atoms with Gasteiger partial charge in [-0.25, -0.2) is 9.79 Å². The molecule has 1 aliphatic carbocycles. The zero-order chi connectivity index (χ0) is 19.1. The molecular weight excluding hydrogens is 338 g/mol. The molecule has 0 spiro atoms. The molecule has 0 radical (unpaired) electrons. The summed E-state index contributed by atoms with van der Waals surface area (Å²) in [6.45, 7) is 3.75. The lowest BCUT2D eigenvalue weighted by Crippen LogP contribution is -2.55. The third-order valence-electron chi connectivity index (χ3n) is 3.92. The summed E-state index contributed by atoms with van der Waals surface area (Å²) in [4.78, 5) is 26.7. The maximum atomic E-state index is 12.7. The number of hydrogen-bond acceptors (Lipinski definition) is 4. The standard InChI is InChI=1S/C15H24F2N4O4/c1-3-8(4-2)25-10-6-7(14(23)24)5-9(20-15(18)19)11(10)21-13(22)12(16)17/h6,8-12H,3-5H2,1-2H3,(H,21,22)(H,23,24)(H4,18,19,20). The Hall–Kier alpha value is -2.23. The molecule has 0 aromatic rings. The van der Waals surface area contributed by atoms with Gasteiger partial charge in [-0.05, 0) is 18.9 Å². The van der Waals surface area contributed by atoms with Gasteiger partial charge in [0.05, 0.1) is 24.3 Å². The van der Waals surface area contributed by atoms with Crippen molar-refractivity contribution in [1.82, 2.24) is 5.32 Å². The molecule has 1 amide bonds. The van der Waals surface area contributed by atoms with Gasteiger partial charge in [-0.1, -0.05) is 13.8 Å². The van der Waals surface area contributed by atoms with E-state index in [-0.39, 0.29) is 24.1 Å². The molecule has 6 N–H and O–H groups in total. The van der Waals surface area contributed by atoms with E-state index in [9.17, 15) is 23.5 Å². The fraction of sp³-hybridized carbons (Fsp3) is 0.667. The number of carbonyl (C=O) groups is 2. The Balaban J connectivity index is 3.23. The van der Waals surface area contributed by atoms with E-state index in [0.29, 0.717) is 12.8 Å². The number of carbonyl (C=O) groups excluding carboxylic acids is 1. The topological polar surface area (TPSA) is 140 Å². The molecule has 1 rings (SSSR count). The lowest BCUT2D eigenvalue weighted by Gasteiger charge is -2.36. The van der Waals surface area contributed by atoms with Gasteiger partial charge < -0.3 is 26.6 Å². The molecule has 3 unspecified atom stereocenters. The van der Waals surface area contributed by atoms with Crippen molar-refractivity contribution in [1.29, 1.82) is 0 Å². The number of nitrogens with zero attached hydrogens (tertiary/aromatic N) is 1. The smallest absolute Gasteiger partial charge is 0.331 e. The molecule has 0 bridgehead atoms. The van der Waals surface area contributed by atoms with Gasteiger partial charge in [-0.3, -0.25) is 4.79 Å². The zero-order valence-corrected chi connectivity index (χ0v) is 14.1. The van der Waals surface area contributed by atoms with Crippen molar-refractivity contribution in [3.05, 3.63) is 11.6 Å². The predicted molar refractivity (Wildman–Crippen MR) is 87.1 cm³/mol. The minimum atomic E-state index is -3.22. The van der Waals surface area contributed by atoms with Crippen LogP contribution in [0.4, 0.5) is 8.78 Å². The van der Waals surface area contributed by atoms with Gasteiger partial charge in [0.2, 0.25) is 0 Å². The molecule has 8 nitrogen and oxygen atoms in total. The quantitative estimate of drug-likeness (QED) is 0.363. The molecule has 0 aromatic heterocycles. The molecule has 0 fully saturated rings. The summed E-state index contributed by atoms with van der Waals surface area (Å²) in [7, 11) is 0. The molecule has 1 aliphatic rings. The highest BCUT2D eigenvalue weighted by molar-refractivity contribution is 5.87. The first-order chi connectivity index (χ1) is 11.7. The Morgan fingerprint density at radius 2 is 2.00 bits per heavy atom. The summed E-state index contributed by atoms with van der Waals surface area (Å²) in [5.74, 6) is -3.02. The average molecular weight is 362 g/mol. The first-order valence-corrected chi connectivity index (χ1v) is 7.96. The van der Waals surface area contributed by atoms with E-state index in [1.165, 1.54) is 6.08 Å². The number of nitrogens with two attached hydrogens (primary N) is 2. The van der Waals surface area contributed by atoms with E-state index in [1.54, 1.807) is 0 Å². The second-order valence-corrected chi connectivity index (χ2v) is 5.70. The van der Waals surface area contributed by atoms with E-state index in [0.717, 1.165) is 0 Å². The Kier molecular flexibility index (Phi) is 7.75. The van der Waals surface area contributed by atoms with Crippen LogP contribution in [-0.4, -0.2) is 53.7 Å². The monoisotopic (exact) mass is 362 g/mol. The number of ether oxygens (including phenoxy) is 1. The average Bonchev–Trinajstić information content (AvgIpc) is 2.53. The largest absolute Gasteiger partial charge is 0.478 e. The summed E-state index contributed by atoms with van der Waals surface area (Å²) < 4.78 is 31.1. The fourth-order valence-corrected chi connectivity index (χ4v) is 2.65. The first-order valence-electron chi connectivity index (χ1n) is 7.96. The highest BCUT2D eigenvalue weighted by Gasteiger charge is 2.39. The first kappa shape index (κ1) is 20.8. The number of halogens is 2. The number of aliphatic carboxylic acids is 1. The molecule has 0 heterocycles. The molecular formula is C15H24F2N4O4. The number of carboxylic acids is 1. The van der Waals surface area contributed by atoms with E-state index in [1.807, 2.05) is 13.8 Å². The molecule has 0 aromatic carbocycles. The number of carboxylic acid groups (broad SMARTS) is 1. The molecule has 0 saturated carbocycles. The van der Waals surface area contributed by atoms with Crippen LogP contribution in [-0.2, 0) is 14.3 Å². The third-order valence-corrected chi connectivity index (χ3v) is 3.92. The Bertz CT molecular complexity index is 546. The Morgan fingerprint density at radius 3 is 2.44 bits per heavy atom. The molecule has 0 saturated heterocycles. The summed E-state index contributed by atoms with van der Waals surface area (Å²) in [6.07, 6.45) is -1.95. The highest BCUT2D eigenvalue weighted by atomic mass is 19.3. The van der Waals surface area contributed by atoms with Crippen LogP contribution in [0.25, 0.3) is 0 Å². The number of nitrogens with one attached hydrogen (secondary N) is 1. The van der Waals surface area contributed by atoms with E-state index < -0.39 is 36.5 Å². The van der Waals surface area contributed by atoms with Crippen LogP contribution in [0.5, 0.6) is 0 Å². The fourth-order valence-electron chi connectivity index (χ4n) is 2.65. The van der Waals surface area contributed by atoms with E-state index in [4.69, 9.17) is 16.2 Å². The minimum absolute atomic E-state index is 0.00602. The molecule has 3 atom stereocenters. The minimum Gasteiger partial charge on any atom is -0.478 e. The summed E-state index contributed by atoms with van der Waals surface area (Å²) in [6, 6.07) is -1.93. The van der Waals surface area contributed by atoms with Gasteiger partial charge in [0.15, 0.2) is 5.96 Å². The van der Waals surface area contributed by atoms with Crippen molar-refractivity contribution in [2.45, 2.75) is 63.8 Å². The Morgan fingerprint density at radius 1 is 1.40 bits per heavy atom. The molecule has 10 heteroatoms. The maximum absolute atomic E-state index is 12.7. The van der Waals surface area contributed by atoms with Crippen LogP contribution >= 0.6 is 0 Å². The third kappa shape index (κ3) is 5.96. The van der Waals surface area contributed by atoms with E-state index >= 15 is 0 Å². The number of aliphatic imine (C=N–C) groups is 1. The summed E-state index contributed by atoms with van der Waals surface area (Å²) >= 11 is 0. The lowest BCUT2D eigenvalue weighted by molar-refractivity contribution is -0.134. The number of hydrogen-bond donors (Lipinski definition) is 4. The highest BCUT2D eigenvalue weighted by Crippen LogP contribution is 2.26. The van der Waals surface area contributed by atoms with Crippen LogP contribution in [0.2, 0.25) is 0 Å². The SMILES string of the molecule is CCC(CC)OC1C=C(C(=O)O)CC(N=C(N)N)C1NC(=O)C(F)F. The van der Waals surface area contributed by atoms with Gasteiger partial charge in [-0.15, -0.1) is 0 Å². The van der Waals surface area contributed by atoms with Crippen molar-refractivity contribution in [2.75, 3.05) is 0 Å². The van der Waals surface area contributed by atoms with Gasteiger partial charge in [0.1, 0.15) is 0 Å². The normalized spacial score (nSPS) is 23.3. The molecule has 142 valence electrons. The van der Waals surface area contributed by atoms with Crippen molar-refractivity contribution in [2.24, 2.45) is 16.5 Å². The van der Waals surface area contributed by atoms with Gasteiger partial charge in [0, 0.05) is 12.0 Å². The van der Waals surface area contributed by atoms with Gasteiger partial charge >= 0.3 is 12.4 Å². The van der Waals surface area contributed by atoms with Gasteiger partial charge in [-0.2, -0.15) is 8.78 Å². The maximum Gasteiger partial charge on any atom is 0.331 e. The van der Waals surface area contributed by atoms with Crippen LogP contribution in [0.3, 0.4) is 0 Å². The molecule has 0 aliphatic heterocycles. The zero-order valence-electron chi connectivity index (χ0n) is 14.1. The lowest BCUT2D eigenvalue weighted by atomic mass is 9.88. The second kappa shape index (κ2) is 9.30. The van der Waals surface area contributed by atoms with Crippen LogP contribution in [0.1, 0.15) is 33.1 Å². The van der Waals surface area contributed by atoms with Crippen LogP contribution < -0.4 is 16.8 Å². The number of alkyl halides is 2. The summed E-state index contributed by atoms with van der Waals surface area (Å²) in [5.41, 5.74) is 10.7. The van der Waals surface area contributed by atoms with Crippen molar-refractivity contribution < 1.29 is 28.2 Å². The van der Waals surface area contributed by atoms with Gasteiger partial charge in [0.25, 0.3) is 5.91 Å².